The standard InChI is InChI=1S/C17H14Cl2N2O2/c1-10(2)21-17(22)11(9-20)7-13-4-6-16(23-13)14-5-3-12(18)8-15(14)19/h3-8,10H,1-2H3,(H,21,22)/b11-7+. The number of nitrogens with one attached hydrogen (secondary N) is 1. The van der Waals surface area contributed by atoms with Crippen LogP contribution in [0.4, 0.5) is 0 Å². The van der Waals surface area contributed by atoms with Gasteiger partial charge in [-0.25, -0.2) is 0 Å². The fourth-order valence-electron chi connectivity index (χ4n) is 1.90. The summed E-state index contributed by atoms with van der Waals surface area (Å²) in [6, 6.07) is 10.3. The average molecular weight is 349 g/mol. The Bertz CT molecular complexity index is 801. The molecule has 4 nitrogen and oxygen atoms in total. The topological polar surface area (TPSA) is 66.0 Å². The van der Waals surface area contributed by atoms with E-state index in [-0.39, 0.29) is 11.6 Å². The van der Waals surface area contributed by atoms with Crippen molar-refractivity contribution in [3.05, 3.63) is 51.7 Å². The molecule has 0 atom stereocenters. The summed E-state index contributed by atoms with van der Waals surface area (Å²) in [5, 5.41) is 12.8. The molecular weight excluding hydrogens is 335 g/mol. The smallest absolute Gasteiger partial charge is 0.262 e. The number of hydrogen-bond donors (Lipinski definition) is 1. The lowest BCUT2D eigenvalue weighted by Gasteiger charge is -2.06. The quantitative estimate of drug-likeness (QED) is 0.643. The third kappa shape index (κ3) is 4.38. The summed E-state index contributed by atoms with van der Waals surface area (Å²) in [6.07, 6.45) is 1.39. The summed E-state index contributed by atoms with van der Waals surface area (Å²) in [7, 11) is 0. The van der Waals surface area contributed by atoms with E-state index in [1.165, 1.54) is 6.08 Å². The molecule has 1 aromatic heterocycles. The van der Waals surface area contributed by atoms with E-state index in [0.717, 1.165) is 0 Å². The molecule has 0 fully saturated rings. The molecule has 0 aliphatic heterocycles. The van der Waals surface area contributed by atoms with Crippen LogP contribution in [0.3, 0.4) is 0 Å². The number of hydrogen-bond acceptors (Lipinski definition) is 3. The predicted molar refractivity (Wildman–Crippen MR) is 91.0 cm³/mol. The summed E-state index contributed by atoms with van der Waals surface area (Å²) in [5.74, 6) is 0.478. The van der Waals surface area contributed by atoms with Crippen molar-refractivity contribution in [2.24, 2.45) is 0 Å². The first-order valence-corrected chi connectivity index (χ1v) is 7.64. The second kappa shape index (κ2) is 7.36. The third-order valence-electron chi connectivity index (χ3n) is 2.89. The van der Waals surface area contributed by atoms with E-state index in [9.17, 15) is 4.79 Å². The maximum Gasteiger partial charge on any atom is 0.262 e. The number of carbonyl (C=O) groups excluding carboxylic acids is 1. The molecule has 6 heteroatoms. The monoisotopic (exact) mass is 348 g/mol. The van der Waals surface area contributed by atoms with E-state index in [1.807, 2.05) is 19.9 Å². The Labute approximate surface area is 144 Å². The van der Waals surface area contributed by atoms with Crippen LogP contribution >= 0.6 is 23.2 Å². The summed E-state index contributed by atoms with van der Waals surface area (Å²) >= 11 is 12.0. The number of halogens is 2. The van der Waals surface area contributed by atoms with E-state index >= 15 is 0 Å². The maximum absolute atomic E-state index is 11.9. The number of nitriles is 1. The van der Waals surface area contributed by atoms with Crippen molar-refractivity contribution in [2.75, 3.05) is 0 Å². The van der Waals surface area contributed by atoms with Gasteiger partial charge in [0.1, 0.15) is 23.2 Å². The second-order valence-electron chi connectivity index (χ2n) is 5.12. The second-order valence-corrected chi connectivity index (χ2v) is 5.97. The van der Waals surface area contributed by atoms with Crippen LogP contribution in [0, 0.1) is 11.3 Å². The van der Waals surface area contributed by atoms with Gasteiger partial charge in [-0.3, -0.25) is 4.79 Å². The van der Waals surface area contributed by atoms with Crippen LogP contribution in [-0.2, 0) is 4.79 Å². The number of nitrogens with zero attached hydrogens (tertiary/aromatic N) is 1. The lowest BCUT2D eigenvalue weighted by atomic mass is 10.2. The number of amides is 1. The minimum Gasteiger partial charge on any atom is -0.457 e. The molecule has 1 N–H and O–H groups in total. The van der Waals surface area contributed by atoms with E-state index in [4.69, 9.17) is 32.9 Å². The highest BCUT2D eigenvalue weighted by molar-refractivity contribution is 6.36. The van der Waals surface area contributed by atoms with Crippen molar-refractivity contribution in [3.8, 4) is 17.4 Å². The van der Waals surface area contributed by atoms with Gasteiger partial charge in [0, 0.05) is 22.7 Å². The first kappa shape index (κ1) is 17.1. The molecular formula is C17H14Cl2N2O2. The van der Waals surface area contributed by atoms with E-state index in [0.29, 0.717) is 27.1 Å². The highest BCUT2D eigenvalue weighted by Gasteiger charge is 2.13. The average Bonchev–Trinajstić information content (AvgIpc) is 2.92. The zero-order valence-corrected chi connectivity index (χ0v) is 14.1. The molecule has 23 heavy (non-hydrogen) atoms. The number of rotatable bonds is 4. The molecule has 0 unspecified atom stereocenters. The Kier molecular flexibility index (Phi) is 5.49. The van der Waals surface area contributed by atoms with Crippen LogP contribution in [0.25, 0.3) is 17.4 Å². The van der Waals surface area contributed by atoms with Gasteiger partial charge in [0.2, 0.25) is 0 Å². The van der Waals surface area contributed by atoms with Gasteiger partial charge in [0.25, 0.3) is 5.91 Å². The molecule has 1 aromatic carbocycles. The van der Waals surface area contributed by atoms with Gasteiger partial charge in [-0.1, -0.05) is 23.2 Å². The Morgan fingerprint density at radius 2 is 2.04 bits per heavy atom. The zero-order valence-electron chi connectivity index (χ0n) is 12.6. The minimum absolute atomic E-state index is 0.0261. The van der Waals surface area contributed by atoms with E-state index in [2.05, 4.69) is 5.32 Å². The minimum atomic E-state index is -0.440. The summed E-state index contributed by atoms with van der Waals surface area (Å²) in [6.45, 7) is 3.64. The maximum atomic E-state index is 11.9. The van der Waals surface area contributed by atoms with Crippen molar-refractivity contribution < 1.29 is 9.21 Å². The van der Waals surface area contributed by atoms with Crippen LogP contribution in [0.1, 0.15) is 19.6 Å². The van der Waals surface area contributed by atoms with Gasteiger partial charge in [-0.15, -0.1) is 0 Å². The van der Waals surface area contributed by atoms with Gasteiger partial charge in [-0.05, 0) is 44.2 Å². The first-order chi connectivity index (χ1) is 10.9. The summed E-state index contributed by atoms with van der Waals surface area (Å²) < 4.78 is 5.64. The highest BCUT2D eigenvalue weighted by Crippen LogP contribution is 2.31. The van der Waals surface area contributed by atoms with Gasteiger partial charge < -0.3 is 9.73 Å². The van der Waals surface area contributed by atoms with E-state index < -0.39 is 5.91 Å². The molecule has 0 aliphatic rings. The predicted octanol–water partition coefficient (Wildman–Crippen LogP) is 4.68. The number of carbonyl (C=O) groups is 1. The first-order valence-electron chi connectivity index (χ1n) is 6.88. The normalized spacial score (nSPS) is 11.4. The molecule has 2 rings (SSSR count). The highest BCUT2D eigenvalue weighted by atomic mass is 35.5. The van der Waals surface area contributed by atoms with Crippen molar-refractivity contribution in [1.29, 1.82) is 5.26 Å². The molecule has 1 amide bonds. The van der Waals surface area contributed by atoms with Gasteiger partial charge >= 0.3 is 0 Å². The SMILES string of the molecule is CC(C)NC(=O)/C(C#N)=C/c1ccc(-c2ccc(Cl)cc2Cl)o1. The Morgan fingerprint density at radius 3 is 2.65 bits per heavy atom. The van der Waals surface area contributed by atoms with Crippen molar-refractivity contribution in [3.63, 3.8) is 0 Å². The summed E-state index contributed by atoms with van der Waals surface area (Å²) in [4.78, 5) is 11.9. The molecule has 0 radical (unpaired) electrons. The van der Waals surface area contributed by atoms with Crippen LogP contribution in [0.2, 0.25) is 10.0 Å². The van der Waals surface area contributed by atoms with Crippen LogP contribution in [-0.4, -0.2) is 11.9 Å². The Hall–Kier alpha value is -2.22. The molecule has 0 bridgehead atoms. The van der Waals surface area contributed by atoms with Gasteiger partial charge in [0.05, 0.1) is 5.02 Å². The fraction of sp³-hybridized carbons (Fsp3) is 0.176. The lowest BCUT2D eigenvalue weighted by Crippen LogP contribution is -2.30. The fourth-order valence-corrected chi connectivity index (χ4v) is 2.40. The summed E-state index contributed by atoms with van der Waals surface area (Å²) in [5.41, 5.74) is 0.655. The number of furan rings is 1. The van der Waals surface area contributed by atoms with Crippen LogP contribution < -0.4 is 5.32 Å². The van der Waals surface area contributed by atoms with E-state index in [1.54, 1.807) is 30.3 Å². The van der Waals surface area contributed by atoms with Gasteiger partial charge in [0.15, 0.2) is 0 Å². The number of benzene rings is 1. The van der Waals surface area contributed by atoms with Gasteiger partial charge in [-0.2, -0.15) is 5.26 Å². The molecule has 0 saturated carbocycles. The molecule has 0 aliphatic carbocycles. The molecule has 1 heterocycles. The van der Waals surface area contributed by atoms with Crippen molar-refractivity contribution in [2.45, 2.75) is 19.9 Å². The molecule has 2 aromatic rings. The molecule has 0 spiro atoms. The lowest BCUT2D eigenvalue weighted by molar-refractivity contribution is -0.117. The van der Waals surface area contributed by atoms with Crippen LogP contribution in [0.15, 0.2) is 40.3 Å². The third-order valence-corrected chi connectivity index (χ3v) is 3.44. The molecule has 0 saturated heterocycles. The van der Waals surface area contributed by atoms with Crippen molar-refractivity contribution in [1.82, 2.24) is 5.32 Å². The Balaban J connectivity index is 2.29. The zero-order chi connectivity index (χ0) is 17.0. The largest absolute Gasteiger partial charge is 0.457 e. The Morgan fingerprint density at radius 1 is 1.30 bits per heavy atom. The van der Waals surface area contributed by atoms with Crippen molar-refractivity contribution >= 4 is 35.2 Å². The molecule has 118 valence electrons. The van der Waals surface area contributed by atoms with Crippen LogP contribution in [0.5, 0.6) is 0 Å².